The molecular formula is C14H17NO3. The summed E-state index contributed by atoms with van der Waals surface area (Å²) in [6.07, 6.45) is 0. The zero-order valence-electron chi connectivity index (χ0n) is 10.6. The summed E-state index contributed by atoms with van der Waals surface area (Å²) < 4.78 is 10.6. The Morgan fingerprint density at radius 2 is 1.78 bits per heavy atom. The standard InChI is InChI=1S/C14H17NO3/c1-15(9-13-7-8-14(10-16)18-13)11-3-5-12(17-2)6-4-11/h3-8,16H,9-10H2,1-2H3. The fourth-order valence-corrected chi connectivity index (χ4v) is 1.75. The molecule has 18 heavy (non-hydrogen) atoms. The van der Waals surface area contributed by atoms with Crippen LogP contribution in [0.4, 0.5) is 5.69 Å². The molecule has 1 N–H and O–H groups in total. The van der Waals surface area contributed by atoms with E-state index in [4.69, 9.17) is 14.3 Å². The van der Waals surface area contributed by atoms with Crippen molar-refractivity contribution in [1.82, 2.24) is 0 Å². The van der Waals surface area contributed by atoms with Crippen LogP contribution in [-0.2, 0) is 13.2 Å². The van der Waals surface area contributed by atoms with Gasteiger partial charge in [-0.2, -0.15) is 0 Å². The van der Waals surface area contributed by atoms with Gasteiger partial charge in [-0.25, -0.2) is 0 Å². The predicted molar refractivity (Wildman–Crippen MR) is 69.7 cm³/mol. The lowest BCUT2D eigenvalue weighted by Gasteiger charge is -2.18. The van der Waals surface area contributed by atoms with Crippen LogP contribution in [0.3, 0.4) is 0 Å². The SMILES string of the molecule is COc1ccc(N(C)Cc2ccc(CO)o2)cc1. The molecule has 0 unspecified atom stereocenters. The van der Waals surface area contributed by atoms with Crippen molar-refractivity contribution in [1.29, 1.82) is 0 Å². The lowest BCUT2D eigenvalue weighted by atomic mass is 10.2. The number of aliphatic hydroxyl groups is 1. The van der Waals surface area contributed by atoms with Crippen LogP contribution in [0.2, 0.25) is 0 Å². The Morgan fingerprint density at radius 1 is 1.11 bits per heavy atom. The molecule has 0 aliphatic heterocycles. The molecule has 0 fully saturated rings. The van der Waals surface area contributed by atoms with Gasteiger partial charge < -0.3 is 19.2 Å². The van der Waals surface area contributed by atoms with Crippen molar-refractivity contribution >= 4 is 5.69 Å². The van der Waals surface area contributed by atoms with Crippen molar-refractivity contribution in [3.63, 3.8) is 0 Å². The fraction of sp³-hybridized carbons (Fsp3) is 0.286. The van der Waals surface area contributed by atoms with Crippen LogP contribution in [0.1, 0.15) is 11.5 Å². The molecule has 96 valence electrons. The average Bonchev–Trinajstić information content (AvgIpc) is 2.86. The maximum absolute atomic E-state index is 8.94. The molecule has 0 bridgehead atoms. The van der Waals surface area contributed by atoms with Crippen molar-refractivity contribution < 1.29 is 14.3 Å². The van der Waals surface area contributed by atoms with Gasteiger partial charge in [0.25, 0.3) is 0 Å². The van der Waals surface area contributed by atoms with Crippen molar-refractivity contribution in [2.24, 2.45) is 0 Å². The van der Waals surface area contributed by atoms with Gasteiger partial charge in [-0.3, -0.25) is 0 Å². The minimum absolute atomic E-state index is 0.0632. The third kappa shape index (κ3) is 2.84. The van der Waals surface area contributed by atoms with E-state index in [1.807, 2.05) is 37.4 Å². The summed E-state index contributed by atoms with van der Waals surface area (Å²) in [7, 11) is 3.64. The normalized spacial score (nSPS) is 10.4. The first-order valence-electron chi connectivity index (χ1n) is 5.76. The van der Waals surface area contributed by atoms with E-state index in [9.17, 15) is 0 Å². The first kappa shape index (κ1) is 12.5. The van der Waals surface area contributed by atoms with Crippen LogP contribution < -0.4 is 9.64 Å². The van der Waals surface area contributed by atoms with Crippen LogP contribution in [0.5, 0.6) is 5.75 Å². The molecule has 0 atom stereocenters. The van der Waals surface area contributed by atoms with E-state index in [1.165, 1.54) is 0 Å². The van der Waals surface area contributed by atoms with Gasteiger partial charge in [-0.15, -0.1) is 0 Å². The minimum Gasteiger partial charge on any atom is -0.497 e. The second-order valence-electron chi connectivity index (χ2n) is 4.08. The van der Waals surface area contributed by atoms with Crippen molar-refractivity contribution in [2.75, 3.05) is 19.1 Å². The lowest BCUT2D eigenvalue weighted by molar-refractivity contribution is 0.243. The monoisotopic (exact) mass is 247 g/mol. The maximum atomic E-state index is 8.94. The van der Waals surface area contributed by atoms with E-state index < -0.39 is 0 Å². The first-order valence-corrected chi connectivity index (χ1v) is 5.76. The first-order chi connectivity index (χ1) is 8.72. The second-order valence-corrected chi connectivity index (χ2v) is 4.08. The number of nitrogens with zero attached hydrogens (tertiary/aromatic N) is 1. The molecule has 2 rings (SSSR count). The third-order valence-corrected chi connectivity index (χ3v) is 2.78. The number of furan rings is 1. The smallest absolute Gasteiger partial charge is 0.129 e. The summed E-state index contributed by atoms with van der Waals surface area (Å²) in [6.45, 7) is 0.596. The Morgan fingerprint density at radius 3 is 2.33 bits per heavy atom. The maximum Gasteiger partial charge on any atom is 0.129 e. The third-order valence-electron chi connectivity index (χ3n) is 2.78. The van der Waals surface area contributed by atoms with Gasteiger partial charge in [0, 0.05) is 12.7 Å². The number of ether oxygens (including phenoxy) is 1. The van der Waals surface area contributed by atoms with Crippen molar-refractivity contribution in [3.8, 4) is 5.75 Å². The summed E-state index contributed by atoms with van der Waals surface area (Å²) in [4.78, 5) is 2.07. The van der Waals surface area contributed by atoms with Gasteiger partial charge in [-0.05, 0) is 36.4 Å². The van der Waals surface area contributed by atoms with Crippen LogP contribution >= 0.6 is 0 Å². The number of hydrogen-bond acceptors (Lipinski definition) is 4. The highest BCUT2D eigenvalue weighted by Crippen LogP contribution is 2.20. The molecule has 1 aromatic heterocycles. The molecule has 4 heteroatoms. The largest absolute Gasteiger partial charge is 0.497 e. The van der Waals surface area contributed by atoms with Crippen LogP contribution in [0.15, 0.2) is 40.8 Å². The molecule has 4 nitrogen and oxygen atoms in total. The van der Waals surface area contributed by atoms with Gasteiger partial charge in [0.1, 0.15) is 23.9 Å². The lowest BCUT2D eigenvalue weighted by Crippen LogP contribution is -2.15. The molecule has 0 aliphatic rings. The fourth-order valence-electron chi connectivity index (χ4n) is 1.75. The number of benzene rings is 1. The molecule has 0 spiro atoms. The van der Waals surface area contributed by atoms with E-state index in [0.717, 1.165) is 17.2 Å². The molecule has 0 saturated carbocycles. The summed E-state index contributed by atoms with van der Waals surface area (Å²) in [5.74, 6) is 2.26. The van der Waals surface area contributed by atoms with Crippen molar-refractivity contribution in [2.45, 2.75) is 13.2 Å². The van der Waals surface area contributed by atoms with Crippen molar-refractivity contribution in [3.05, 3.63) is 47.9 Å². The van der Waals surface area contributed by atoms with E-state index in [-0.39, 0.29) is 6.61 Å². The quantitative estimate of drug-likeness (QED) is 0.881. The zero-order valence-corrected chi connectivity index (χ0v) is 10.6. The van der Waals surface area contributed by atoms with Crippen LogP contribution in [0, 0.1) is 0 Å². The molecule has 0 radical (unpaired) electrons. The van der Waals surface area contributed by atoms with Gasteiger partial charge in [0.2, 0.25) is 0 Å². The molecule has 1 heterocycles. The molecule has 2 aromatic rings. The Balaban J connectivity index is 2.03. The van der Waals surface area contributed by atoms with E-state index in [0.29, 0.717) is 12.3 Å². The molecule has 0 aliphatic carbocycles. The van der Waals surface area contributed by atoms with Gasteiger partial charge in [0.15, 0.2) is 0 Å². The molecule has 1 aromatic carbocycles. The van der Waals surface area contributed by atoms with Gasteiger partial charge in [-0.1, -0.05) is 0 Å². The van der Waals surface area contributed by atoms with Crippen LogP contribution in [0.25, 0.3) is 0 Å². The summed E-state index contributed by atoms with van der Waals surface area (Å²) in [5.41, 5.74) is 1.08. The van der Waals surface area contributed by atoms with Gasteiger partial charge in [0.05, 0.1) is 13.7 Å². The Kier molecular flexibility index (Phi) is 3.89. The van der Waals surface area contributed by atoms with Crippen LogP contribution in [-0.4, -0.2) is 19.3 Å². The highest BCUT2D eigenvalue weighted by molar-refractivity contribution is 5.48. The minimum atomic E-state index is -0.0632. The molecular weight excluding hydrogens is 230 g/mol. The number of methoxy groups -OCH3 is 1. The number of anilines is 1. The summed E-state index contributed by atoms with van der Waals surface area (Å²) >= 11 is 0. The number of rotatable bonds is 5. The van der Waals surface area contributed by atoms with E-state index in [1.54, 1.807) is 13.2 Å². The zero-order chi connectivity index (χ0) is 13.0. The Bertz CT molecular complexity index is 490. The highest BCUT2D eigenvalue weighted by atomic mass is 16.5. The topological polar surface area (TPSA) is 45.8 Å². The second kappa shape index (κ2) is 5.60. The van der Waals surface area contributed by atoms with Gasteiger partial charge >= 0.3 is 0 Å². The average molecular weight is 247 g/mol. The van der Waals surface area contributed by atoms with E-state index >= 15 is 0 Å². The van der Waals surface area contributed by atoms with E-state index in [2.05, 4.69) is 4.90 Å². The number of aliphatic hydroxyl groups excluding tert-OH is 1. The summed E-state index contributed by atoms with van der Waals surface area (Å²) in [5, 5.41) is 8.94. The molecule has 0 saturated heterocycles. The number of hydrogen-bond donors (Lipinski definition) is 1. The Labute approximate surface area is 106 Å². The summed E-state index contributed by atoms with van der Waals surface area (Å²) in [6, 6.07) is 11.5. The highest BCUT2D eigenvalue weighted by Gasteiger charge is 2.06. The predicted octanol–water partition coefficient (Wildman–Crippen LogP) is 2.42. The Hall–Kier alpha value is -1.94. The molecule has 0 amide bonds.